The summed E-state index contributed by atoms with van der Waals surface area (Å²) in [5.74, 6) is -4.87. The lowest BCUT2D eigenvalue weighted by Gasteiger charge is -2.45. The molecule has 0 aliphatic carbocycles. The fourth-order valence-corrected chi connectivity index (χ4v) is 14.1. The van der Waals surface area contributed by atoms with Crippen LogP contribution in [0.2, 0.25) is 0 Å². The smallest absolute Gasteiger partial charge is 0.462 e. The van der Waals surface area contributed by atoms with Gasteiger partial charge in [-0.2, -0.15) is 0 Å². The third-order valence-corrected chi connectivity index (χ3v) is 20.3. The Bertz CT molecular complexity index is 2170. The molecule has 1 unspecified atom stereocenters. The van der Waals surface area contributed by atoms with Crippen molar-refractivity contribution in [3.8, 4) is 0 Å². The van der Waals surface area contributed by atoms with Crippen molar-refractivity contribution < 1.29 is 86.0 Å². The van der Waals surface area contributed by atoms with Crippen molar-refractivity contribution in [1.29, 1.82) is 0 Å². The minimum Gasteiger partial charge on any atom is -0.462 e. The van der Waals surface area contributed by atoms with Crippen LogP contribution in [-0.2, 0) is 71.1 Å². The molecule has 0 radical (unpaired) electrons. The number of nitrogens with one attached hydrogen (secondary N) is 2. The van der Waals surface area contributed by atoms with Crippen molar-refractivity contribution in [2.45, 2.75) is 463 Å². The number of rotatable bonds is 73. The third kappa shape index (κ3) is 55.4. The molecular formula is C81H152N3O18P. The SMILES string of the molecule is CCCCCCCCCCC[C@H](CC(=O)N[C@@H](COC1O[C@H](CO)[C@@H](OP(=O)(O)O)[C@H](OC(=O)C[C@@H](CCCCCCCCCCC)OC(=O)CCCCCCCCC)[C@H]1NC(=O)C[C@@H](CCCCCCCCCCC)OC(=O)CCCCCCCCC)C(N)=O)OC(=O)CCCCCCCCC. The Labute approximate surface area is 624 Å². The fourth-order valence-electron chi connectivity index (χ4n) is 13.5. The maximum atomic E-state index is 14.8. The standard InChI is InChI=1S/C81H152N3O18P/c1-7-13-19-25-31-34-40-43-49-55-66(97-73(88)58-52-46-37-28-22-16-10-4)61-71(86)83-69(80(82)92)65-96-81-77(84-72(87)62-67(56-50-44-41-35-32-26-20-14-8-2)98-74(89)59-53-47-38-29-23-17-11-5)79(78(70(64-85)100-81)102-103(93,94)95)101-76(91)63-68(57-51-45-42-36-33-27-21-15-9-3)99-75(90)60-54-48-39-30-24-18-12-6/h66-70,77-79,81,85H,7-65H2,1-6H3,(H2,82,92)(H,83,86)(H,84,87)(H2,93,94,95)/t66-,67-,68-,69+,70-,77-,78-,79-,81?/m1/s1. The number of amides is 3. The summed E-state index contributed by atoms with van der Waals surface area (Å²) in [6.07, 6.45) is 38.9. The van der Waals surface area contributed by atoms with Gasteiger partial charge in [-0.05, 0) is 57.8 Å². The summed E-state index contributed by atoms with van der Waals surface area (Å²) in [5, 5.41) is 16.4. The number of aliphatic hydroxyl groups is 1. The van der Waals surface area contributed by atoms with E-state index in [1.807, 2.05) is 0 Å². The molecule has 1 heterocycles. The molecule has 1 aliphatic heterocycles. The Kier molecular flexibility index (Phi) is 62.8. The molecule has 0 aromatic rings. The number of hydrogen-bond acceptors (Lipinski definition) is 16. The first-order chi connectivity index (χ1) is 49.8. The first kappa shape index (κ1) is 97.3. The molecule has 22 heteroatoms. The summed E-state index contributed by atoms with van der Waals surface area (Å²) in [7, 11) is -5.55. The fraction of sp³-hybridized carbons (Fsp3) is 0.914. The summed E-state index contributed by atoms with van der Waals surface area (Å²) in [6.45, 7) is 11.3. The Hall–Kier alpha value is -3.72. The van der Waals surface area contributed by atoms with Crippen LogP contribution < -0.4 is 16.4 Å². The maximum absolute atomic E-state index is 14.8. The summed E-state index contributed by atoms with van der Waals surface area (Å²) in [6, 6.07) is -3.33. The zero-order chi connectivity index (χ0) is 75.8. The lowest BCUT2D eigenvalue weighted by atomic mass is 9.95. The number of carbonyl (C=O) groups is 7. The predicted octanol–water partition coefficient (Wildman–Crippen LogP) is 18.7. The Morgan fingerprint density at radius 3 is 1.02 bits per heavy atom. The van der Waals surface area contributed by atoms with Crippen LogP contribution in [0.15, 0.2) is 0 Å². The largest absolute Gasteiger partial charge is 0.470 e. The van der Waals surface area contributed by atoms with Crippen LogP contribution in [0, 0.1) is 0 Å². The zero-order valence-corrected chi connectivity index (χ0v) is 66.8. The average Bonchev–Trinajstić information content (AvgIpc) is 0.781. The monoisotopic (exact) mass is 1490 g/mol. The van der Waals surface area contributed by atoms with Crippen molar-refractivity contribution in [3.05, 3.63) is 0 Å². The molecule has 103 heavy (non-hydrogen) atoms. The number of phosphoric ester groups is 1. The van der Waals surface area contributed by atoms with Gasteiger partial charge in [-0.15, -0.1) is 0 Å². The van der Waals surface area contributed by atoms with Crippen molar-refractivity contribution in [3.63, 3.8) is 0 Å². The normalized spacial score (nSPS) is 17.3. The molecule has 0 bridgehead atoms. The number of carbonyl (C=O) groups excluding carboxylic acids is 7. The van der Waals surface area contributed by atoms with Gasteiger partial charge in [0.25, 0.3) is 0 Å². The van der Waals surface area contributed by atoms with Crippen molar-refractivity contribution in [2.24, 2.45) is 5.73 Å². The van der Waals surface area contributed by atoms with E-state index in [0.717, 1.165) is 212 Å². The molecule has 1 aliphatic rings. The van der Waals surface area contributed by atoms with Crippen LogP contribution in [0.5, 0.6) is 0 Å². The zero-order valence-electron chi connectivity index (χ0n) is 65.9. The van der Waals surface area contributed by atoms with E-state index in [1.165, 1.54) is 57.8 Å². The predicted molar refractivity (Wildman–Crippen MR) is 408 cm³/mol. The molecule has 1 fully saturated rings. The molecular weight excluding hydrogens is 1330 g/mol. The van der Waals surface area contributed by atoms with E-state index >= 15 is 0 Å². The van der Waals surface area contributed by atoms with E-state index in [-0.39, 0.29) is 25.7 Å². The van der Waals surface area contributed by atoms with E-state index in [9.17, 15) is 53.0 Å². The van der Waals surface area contributed by atoms with Gasteiger partial charge in [0.2, 0.25) is 17.7 Å². The Balaban J connectivity index is 3.85. The summed E-state index contributed by atoms with van der Waals surface area (Å²) in [5.41, 5.74) is 5.98. The van der Waals surface area contributed by atoms with Crippen LogP contribution in [0.4, 0.5) is 0 Å². The second kappa shape index (κ2) is 66.5. The molecule has 0 saturated carbocycles. The molecule has 21 nitrogen and oxygen atoms in total. The van der Waals surface area contributed by atoms with E-state index in [1.54, 1.807) is 0 Å². The van der Waals surface area contributed by atoms with E-state index < -0.39 is 130 Å². The number of ether oxygens (including phenoxy) is 6. The lowest BCUT2D eigenvalue weighted by molar-refractivity contribution is -0.272. The second-order valence-corrected chi connectivity index (χ2v) is 30.8. The first-order valence-electron chi connectivity index (χ1n) is 42.1. The molecule has 3 amide bonds. The molecule has 1 rings (SSSR count). The molecule has 604 valence electrons. The average molecular weight is 1490 g/mol. The van der Waals surface area contributed by atoms with Gasteiger partial charge >= 0.3 is 31.7 Å². The van der Waals surface area contributed by atoms with E-state index in [2.05, 4.69) is 52.2 Å². The third-order valence-electron chi connectivity index (χ3n) is 19.7. The van der Waals surface area contributed by atoms with Crippen LogP contribution in [0.3, 0.4) is 0 Å². The molecule has 1 saturated heterocycles. The van der Waals surface area contributed by atoms with Gasteiger partial charge in [-0.1, -0.05) is 311 Å². The first-order valence-corrected chi connectivity index (χ1v) is 43.6. The number of aliphatic hydroxyl groups excluding tert-OH is 1. The molecule has 0 spiro atoms. The maximum Gasteiger partial charge on any atom is 0.470 e. The highest BCUT2D eigenvalue weighted by Crippen LogP contribution is 2.42. The number of phosphoric acid groups is 1. The van der Waals surface area contributed by atoms with Gasteiger partial charge in [0.1, 0.15) is 42.6 Å². The molecule has 0 aromatic carbocycles. The van der Waals surface area contributed by atoms with Crippen molar-refractivity contribution in [2.75, 3.05) is 13.2 Å². The van der Waals surface area contributed by atoms with Gasteiger partial charge in [-0.25, -0.2) is 4.57 Å². The van der Waals surface area contributed by atoms with Crippen LogP contribution >= 0.6 is 7.82 Å². The Morgan fingerprint density at radius 2 is 0.709 bits per heavy atom. The number of esters is 4. The van der Waals surface area contributed by atoms with Gasteiger partial charge in [-0.3, -0.25) is 38.1 Å². The van der Waals surface area contributed by atoms with Gasteiger partial charge < -0.3 is 59.7 Å². The van der Waals surface area contributed by atoms with Gasteiger partial charge in [0.15, 0.2) is 12.4 Å². The topological polar surface area (TPSA) is 312 Å². The van der Waals surface area contributed by atoms with Gasteiger partial charge in [0.05, 0.1) is 32.5 Å². The van der Waals surface area contributed by atoms with Crippen LogP contribution in [-0.4, -0.2) is 125 Å². The van der Waals surface area contributed by atoms with Crippen molar-refractivity contribution in [1.82, 2.24) is 10.6 Å². The number of hydrogen-bond donors (Lipinski definition) is 6. The highest BCUT2D eigenvalue weighted by Gasteiger charge is 2.52. The quantitative estimate of drug-likeness (QED) is 0.0143. The second-order valence-electron chi connectivity index (χ2n) is 29.6. The minimum atomic E-state index is -5.55. The van der Waals surface area contributed by atoms with Crippen LogP contribution in [0.25, 0.3) is 0 Å². The van der Waals surface area contributed by atoms with Gasteiger partial charge in [0, 0.05) is 19.3 Å². The van der Waals surface area contributed by atoms with Crippen LogP contribution in [0.1, 0.15) is 408 Å². The number of nitrogens with two attached hydrogens (primary N) is 1. The molecule has 9 atom stereocenters. The summed E-state index contributed by atoms with van der Waals surface area (Å²) in [4.78, 5) is 119. The van der Waals surface area contributed by atoms with Crippen molar-refractivity contribution >= 4 is 49.4 Å². The highest BCUT2D eigenvalue weighted by molar-refractivity contribution is 7.46. The lowest BCUT2D eigenvalue weighted by Crippen LogP contribution is -2.67. The van der Waals surface area contributed by atoms with E-state index in [0.29, 0.717) is 57.8 Å². The summed E-state index contributed by atoms with van der Waals surface area (Å²) < 4.78 is 55.1. The summed E-state index contributed by atoms with van der Waals surface area (Å²) >= 11 is 0. The minimum absolute atomic E-state index is 0.134. The molecule has 0 aromatic heterocycles. The van der Waals surface area contributed by atoms with E-state index in [4.69, 9.17) is 38.7 Å². The highest BCUT2D eigenvalue weighted by atomic mass is 31.2. The number of primary amides is 1. The Morgan fingerprint density at radius 1 is 0.408 bits per heavy atom. The molecule has 7 N–H and O–H groups in total. The number of unbranched alkanes of at least 4 members (excludes halogenated alkanes) is 42.